The van der Waals surface area contributed by atoms with Crippen LogP contribution in [0.4, 0.5) is 10.1 Å². The summed E-state index contributed by atoms with van der Waals surface area (Å²) in [6.45, 7) is 1.19. The Kier molecular flexibility index (Phi) is 7.09. The number of hydrogen-bond acceptors (Lipinski definition) is 5. The maximum atomic E-state index is 13.2. The monoisotopic (exact) mass is 454 g/mol. The minimum Gasteiger partial charge on any atom is -0.495 e. The van der Waals surface area contributed by atoms with Crippen LogP contribution in [-0.2, 0) is 19.6 Å². The summed E-state index contributed by atoms with van der Waals surface area (Å²) in [5, 5.41) is 2.55. The number of morpholine rings is 1. The van der Waals surface area contributed by atoms with E-state index in [1.807, 2.05) is 0 Å². The minimum atomic E-state index is -3.73. The van der Waals surface area contributed by atoms with Gasteiger partial charge in [-0.05, 0) is 42.0 Å². The van der Waals surface area contributed by atoms with Crippen LogP contribution in [0.15, 0.2) is 47.4 Å². The number of hydrogen-bond donors (Lipinski definition) is 1. The number of methoxy groups -OCH3 is 1. The summed E-state index contributed by atoms with van der Waals surface area (Å²) >= 11 is 5.73. The zero-order valence-corrected chi connectivity index (χ0v) is 17.7. The summed E-state index contributed by atoms with van der Waals surface area (Å²) in [6.07, 6.45) is 2.69. The number of anilines is 1. The Hall–Kier alpha value is -2.46. The molecule has 0 aliphatic carbocycles. The third-order valence-corrected chi connectivity index (χ3v) is 6.59. The molecule has 0 radical (unpaired) electrons. The number of rotatable bonds is 6. The molecular weight excluding hydrogens is 435 g/mol. The van der Waals surface area contributed by atoms with E-state index < -0.39 is 21.7 Å². The second-order valence-electron chi connectivity index (χ2n) is 6.37. The molecule has 1 fully saturated rings. The van der Waals surface area contributed by atoms with Crippen molar-refractivity contribution < 1.29 is 27.1 Å². The lowest BCUT2D eigenvalue weighted by Crippen LogP contribution is -2.40. The molecule has 30 heavy (non-hydrogen) atoms. The van der Waals surface area contributed by atoms with Crippen molar-refractivity contribution in [2.24, 2.45) is 0 Å². The molecule has 0 unspecified atom stereocenters. The molecule has 0 saturated carbocycles. The van der Waals surface area contributed by atoms with Crippen LogP contribution in [0.1, 0.15) is 5.56 Å². The third-order valence-electron chi connectivity index (χ3n) is 4.41. The van der Waals surface area contributed by atoms with Gasteiger partial charge in [-0.2, -0.15) is 4.31 Å². The molecule has 1 N–H and O–H groups in total. The molecule has 1 aliphatic heterocycles. The van der Waals surface area contributed by atoms with Gasteiger partial charge in [0.2, 0.25) is 15.9 Å². The lowest BCUT2D eigenvalue weighted by Gasteiger charge is -2.26. The van der Waals surface area contributed by atoms with E-state index in [9.17, 15) is 17.6 Å². The normalized spacial score (nSPS) is 15.3. The van der Waals surface area contributed by atoms with E-state index >= 15 is 0 Å². The predicted molar refractivity (Wildman–Crippen MR) is 112 cm³/mol. The van der Waals surface area contributed by atoms with Crippen molar-refractivity contribution in [3.05, 3.63) is 58.9 Å². The summed E-state index contributed by atoms with van der Waals surface area (Å²) < 4.78 is 50.7. The van der Waals surface area contributed by atoms with Gasteiger partial charge in [-0.15, -0.1) is 0 Å². The SMILES string of the molecule is COc1ccc(S(=O)(=O)N2CCOCC2)cc1NC(=O)C=Cc1ccc(F)c(Cl)c1. The molecule has 1 amide bonds. The highest BCUT2D eigenvalue weighted by Crippen LogP contribution is 2.29. The highest BCUT2D eigenvalue weighted by molar-refractivity contribution is 7.89. The van der Waals surface area contributed by atoms with Gasteiger partial charge in [0.15, 0.2) is 0 Å². The molecule has 3 rings (SSSR count). The molecule has 0 spiro atoms. The van der Waals surface area contributed by atoms with Crippen LogP contribution in [0, 0.1) is 5.82 Å². The first-order valence-electron chi connectivity index (χ1n) is 9.01. The summed E-state index contributed by atoms with van der Waals surface area (Å²) in [4.78, 5) is 12.4. The number of carbonyl (C=O) groups excluding carboxylic acids is 1. The van der Waals surface area contributed by atoms with E-state index in [1.54, 1.807) is 0 Å². The Bertz CT molecular complexity index is 1070. The second-order valence-corrected chi connectivity index (χ2v) is 8.72. The topological polar surface area (TPSA) is 84.9 Å². The van der Waals surface area contributed by atoms with Crippen LogP contribution in [-0.4, -0.2) is 52.0 Å². The molecule has 1 heterocycles. The van der Waals surface area contributed by atoms with Crippen LogP contribution in [0.2, 0.25) is 5.02 Å². The zero-order chi connectivity index (χ0) is 21.7. The Morgan fingerprint density at radius 2 is 1.97 bits per heavy atom. The molecule has 10 heteroatoms. The van der Waals surface area contributed by atoms with Crippen LogP contribution >= 0.6 is 11.6 Å². The fraction of sp³-hybridized carbons (Fsp3) is 0.250. The zero-order valence-electron chi connectivity index (χ0n) is 16.1. The standard InChI is InChI=1S/C20H20ClFN2O5S/c1-28-19-6-4-15(30(26,27)24-8-10-29-11-9-24)13-18(19)23-20(25)7-3-14-2-5-17(22)16(21)12-14/h2-7,12-13H,8-11H2,1H3,(H,23,25). The Morgan fingerprint density at radius 3 is 2.63 bits per heavy atom. The van der Waals surface area contributed by atoms with E-state index in [1.165, 1.54) is 60.0 Å². The third kappa shape index (κ3) is 5.17. The Morgan fingerprint density at radius 1 is 1.23 bits per heavy atom. The van der Waals surface area contributed by atoms with Gasteiger partial charge in [-0.3, -0.25) is 4.79 Å². The Balaban J connectivity index is 1.80. The molecule has 1 saturated heterocycles. The maximum absolute atomic E-state index is 13.2. The summed E-state index contributed by atoms with van der Waals surface area (Å²) in [5.41, 5.74) is 0.741. The predicted octanol–water partition coefficient (Wildman–Crippen LogP) is 3.16. The van der Waals surface area contributed by atoms with Crippen LogP contribution in [0.5, 0.6) is 5.75 Å². The number of amides is 1. The quantitative estimate of drug-likeness (QED) is 0.678. The van der Waals surface area contributed by atoms with Crippen LogP contribution in [0.3, 0.4) is 0 Å². The van der Waals surface area contributed by atoms with Crippen molar-refractivity contribution in [3.8, 4) is 5.75 Å². The first-order valence-corrected chi connectivity index (χ1v) is 10.8. The van der Waals surface area contributed by atoms with Gasteiger partial charge in [0.1, 0.15) is 11.6 Å². The number of sulfonamides is 1. The van der Waals surface area contributed by atoms with Crippen LogP contribution < -0.4 is 10.1 Å². The van der Waals surface area contributed by atoms with E-state index in [2.05, 4.69) is 5.32 Å². The van der Waals surface area contributed by atoms with E-state index in [4.69, 9.17) is 21.1 Å². The van der Waals surface area contributed by atoms with E-state index in [-0.39, 0.29) is 28.7 Å². The molecular formula is C20H20ClFN2O5S. The van der Waals surface area contributed by atoms with Crippen molar-refractivity contribution in [1.29, 1.82) is 0 Å². The first-order chi connectivity index (χ1) is 14.3. The molecule has 1 aliphatic rings. The molecule has 2 aromatic rings. The lowest BCUT2D eigenvalue weighted by molar-refractivity contribution is -0.111. The largest absolute Gasteiger partial charge is 0.495 e. The number of halogens is 2. The lowest BCUT2D eigenvalue weighted by atomic mass is 10.2. The van der Waals surface area contributed by atoms with Crippen molar-refractivity contribution in [2.45, 2.75) is 4.90 Å². The number of nitrogens with zero attached hydrogens (tertiary/aromatic N) is 1. The summed E-state index contributed by atoms with van der Waals surface area (Å²) in [5.74, 6) is -0.765. The van der Waals surface area contributed by atoms with E-state index in [0.717, 1.165) is 0 Å². The first kappa shape index (κ1) is 22.2. The fourth-order valence-electron chi connectivity index (χ4n) is 2.84. The molecule has 7 nitrogen and oxygen atoms in total. The average molecular weight is 455 g/mol. The Labute approximate surface area is 179 Å². The highest BCUT2D eigenvalue weighted by Gasteiger charge is 2.27. The molecule has 160 valence electrons. The molecule has 0 bridgehead atoms. The maximum Gasteiger partial charge on any atom is 0.248 e. The van der Waals surface area contributed by atoms with Crippen molar-refractivity contribution in [2.75, 3.05) is 38.7 Å². The van der Waals surface area contributed by atoms with Gasteiger partial charge < -0.3 is 14.8 Å². The molecule has 0 atom stereocenters. The number of nitrogens with one attached hydrogen (secondary N) is 1. The van der Waals surface area contributed by atoms with Crippen molar-refractivity contribution >= 4 is 39.3 Å². The molecule has 0 aromatic heterocycles. The smallest absolute Gasteiger partial charge is 0.248 e. The number of benzene rings is 2. The number of carbonyl (C=O) groups is 1. The van der Waals surface area contributed by atoms with Gasteiger partial charge in [-0.25, -0.2) is 12.8 Å². The minimum absolute atomic E-state index is 0.0368. The van der Waals surface area contributed by atoms with Gasteiger partial charge in [0, 0.05) is 19.2 Å². The fourth-order valence-corrected chi connectivity index (χ4v) is 4.47. The van der Waals surface area contributed by atoms with Crippen LogP contribution in [0.25, 0.3) is 6.08 Å². The number of ether oxygens (including phenoxy) is 2. The second kappa shape index (κ2) is 9.57. The average Bonchev–Trinajstić information content (AvgIpc) is 2.75. The van der Waals surface area contributed by atoms with Gasteiger partial charge in [0.25, 0.3) is 0 Å². The van der Waals surface area contributed by atoms with Gasteiger partial charge >= 0.3 is 0 Å². The van der Waals surface area contributed by atoms with Gasteiger partial charge in [-0.1, -0.05) is 17.7 Å². The summed E-state index contributed by atoms with van der Waals surface area (Å²) in [6, 6.07) is 8.31. The molecule has 2 aromatic carbocycles. The summed E-state index contributed by atoms with van der Waals surface area (Å²) in [7, 11) is -2.32. The highest BCUT2D eigenvalue weighted by atomic mass is 35.5. The van der Waals surface area contributed by atoms with E-state index in [0.29, 0.717) is 24.5 Å². The van der Waals surface area contributed by atoms with Crippen molar-refractivity contribution in [3.63, 3.8) is 0 Å². The van der Waals surface area contributed by atoms with Crippen molar-refractivity contribution in [1.82, 2.24) is 4.31 Å². The van der Waals surface area contributed by atoms with Gasteiger partial charge in [0.05, 0.1) is 35.9 Å².